The van der Waals surface area contributed by atoms with Crippen molar-refractivity contribution in [1.82, 2.24) is 5.32 Å². The number of aliphatic hydroxyl groups excluding tert-OH is 2. The van der Waals surface area contributed by atoms with E-state index >= 15 is 0 Å². The highest BCUT2D eigenvalue weighted by Crippen LogP contribution is 2.13. The van der Waals surface area contributed by atoms with Crippen molar-refractivity contribution in [2.75, 3.05) is 39.4 Å². The van der Waals surface area contributed by atoms with Gasteiger partial charge in [0.15, 0.2) is 0 Å². The minimum absolute atomic E-state index is 0.0583. The largest absolute Gasteiger partial charge is 0.633 e. The Morgan fingerprint density at radius 3 is 1.52 bits per heavy atom. The summed E-state index contributed by atoms with van der Waals surface area (Å²) in [4.78, 5) is 11.9. The minimum atomic E-state index is -0.595. The van der Waals surface area contributed by atoms with Gasteiger partial charge in [0, 0.05) is 19.4 Å². The van der Waals surface area contributed by atoms with Crippen molar-refractivity contribution in [1.29, 1.82) is 0 Å². The van der Waals surface area contributed by atoms with Crippen molar-refractivity contribution >= 4 is 5.91 Å². The molecule has 6 nitrogen and oxygen atoms in total. The lowest BCUT2D eigenvalue weighted by Crippen LogP contribution is -2.47. The predicted octanol–water partition coefficient (Wildman–Crippen LogP) is 5.05. The molecular weight excluding hydrogens is 392 g/mol. The molecule has 0 radical (unpaired) electrons. The molecule has 0 spiro atoms. The van der Waals surface area contributed by atoms with Crippen LogP contribution in [0.15, 0.2) is 0 Å². The number of amides is 1. The Hall–Kier alpha value is -0.690. The van der Waals surface area contributed by atoms with E-state index in [-0.39, 0.29) is 32.2 Å². The normalized spacial score (nSPS) is 11.7. The molecule has 31 heavy (non-hydrogen) atoms. The molecule has 0 aliphatic carbocycles. The molecule has 0 bridgehead atoms. The van der Waals surface area contributed by atoms with Crippen molar-refractivity contribution in [2.24, 2.45) is 0 Å². The first kappa shape index (κ1) is 30.3. The SMILES string of the molecule is CCCCCCCCCCCCCCCCCC(=O)NCCC[N+]([O-])(CCO)CCO. The van der Waals surface area contributed by atoms with Gasteiger partial charge in [-0.2, -0.15) is 0 Å². The monoisotopic (exact) mass is 444 g/mol. The Kier molecular flexibility index (Phi) is 22.0. The van der Waals surface area contributed by atoms with E-state index in [9.17, 15) is 10.0 Å². The highest BCUT2D eigenvalue weighted by molar-refractivity contribution is 5.75. The summed E-state index contributed by atoms with van der Waals surface area (Å²) in [6, 6.07) is 0. The van der Waals surface area contributed by atoms with Crippen molar-refractivity contribution in [3.63, 3.8) is 0 Å². The maximum Gasteiger partial charge on any atom is 0.219 e. The highest BCUT2D eigenvalue weighted by atomic mass is 16.5. The Bertz CT molecular complexity index is 388. The number of hydrogen-bond acceptors (Lipinski definition) is 4. The lowest BCUT2D eigenvalue weighted by molar-refractivity contribution is -0.881. The number of unbranched alkanes of at least 4 members (excludes halogenated alkanes) is 14. The predicted molar refractivity (Wildman–Crippen MR) is 130 cm³/mol. The Morgan fingerprint density at radius 2 is 1.10 bits per heavy atom. The first-order valence-electron chi connectivity index (χ1n) is 13.1. The Balaban J connectivity index is 3.38. The summed E-state index contributed by atoms with van der Waals surface area (Å²) in [5, 5.41) is 33.1. The number of rotatable bonds is 24. The second-order valence-electron chi connectivity index (χ2n) is 9.08. The number of hydrogen-bond donors (Lipinski definition) is 3. The summed E-state index contributed by atoms with van der Waals surface area (Å²) in [6.07, 6.45) is 20.9. The molecule has 186 valence electrons. The van der Waals surface area contributed by atoms with Crippen LogP contribution in [-0.2, 0) is 4.79 Å². The number of quaternary nitrogens is 1. The second kappa shape index (κ2) is 22.5. The number of carbonyl (C=O) groups is 1. The van der Waals surface area contributed by atoms with Crippen LogP contribution in [0.5, 0.6) is 0 Å². The van der Waals surface area contributed by atoms with Gasteiger partial charge in [-0.25, -0.2) is 0 Å². The van der Waals surface area contributed by atoms with Crippen LogP contribution >= 0.6 is 0 Å². The molecule has 0 aliphatic rings. The van der Waals surface area contributed by atoms with Gasteiger partial charge in [-0.3, -0.25) is 4.79 Å². The van der Waals surface area contributed by atoms with Gasteiger partial charge in [0.2, 0.25) is 5.91 Å². The van der Waals surface area contributed by atoms with Crippen LogP contribution in [0.1, 0.15) is 116 Å². The summed E-state index contributed by atoms with van der Waals surface area (Å²) in [6.45, 7) is 2.87. The molecule has 0 saturated heterocycles. The zero-order valence-corrected chi connectivity index (χ0v) is 20.4. The van der Waals surface area contributed by atoms with E-state index in [1.807, 2.05) is 0 Å². The quantitative estimate of drug-likeness (QED) is 0.110. The first-order chi connectivity index (χ1) is 15.1. The fourth-order valence-corrected chi connectivity index (χ4v) is 4.04. The van der Waals surface area contributed by atoms with Crippen molar-refractivity contribution in [2.45, 2.75) is 116 Å². The van der Waals surface area contributed by atoms with Gasteiger partial charge in [-0.15, -0.1) is 0 Å². The lowest BCUT2D eigenvalue weighted by atomic mass is 10.0. The molecule has 0 aromatic carbocycles. The smallest absolute Gasteiger partial charge is 0.219 e. The van der Waals surface area contributed by atoms with Crippen molar-refractivity contribution in [3.8, 4) is 0 Å². The van der Waals surface area contributed by atoms with Gasteiger partial charge in [-0.05, 0) is 6.42 Å². The number of aliphatic hydroxyl groups is 2. The Morgan fingerprint density at radius 1 is 0.677 bits per heavy atom. The number of hydroxylamine groups is 3. The van der Waals surface area contributed by atoms with Crippen molar-refractivity contribution < 1.29 is 19.7 Å². The topological polar surface area (TPSA) is 92.6 Å². The molecule has 0 aliphatic heterocycles. The summed E-state index contributed by atoms with van der Waals surface area (Å²) >= 11 is 0. The average Bonchev–Trinajstić information content (AvgIpc) is 2.74. The molecule has 0 fully saturated rings. The van der Waals surface area contributed by atoms with E-state index in [1.54, 1.807) is 0 Å². The Labute approximate surface area is 192 Å². The molecule has 0 heterocycles. The highest BCUT2D eigenvalue weighted by Gasteiger charge is 2.15. The van der Waals surface area contributed by atoms with Crippen LogP contribution < -0.4 is 5.32 Å². The minimum Gasteiger partial charge on any atom is -0.633 e. The third kappa shape index (κ3) is 20.9. The zero-order chi connectivity index (χ0) is 23.0. The molecule has 0 atom stereocenters. The van der Waals surface area contributed by atoms with Gasteiger partial charge in [-0.1, -0.05) is 96.8 Å². The van der Waals surface area contributed by atoms with Gasteiger partial charge in [0.25, 0.3) is 0 Å². The molecule has 3 N–H and O–H groups in total. The maximum absolute atomic E-state index is 12.3. The lowest BCUT2D eigenvalue weighted by Gasteiger charge is -2.42. The third-order valence-corrected chi connectivity index (χ3v) is 6.09. The van der Waals surface area contributed by atoms with E-state index in [0.29, 0.717) is 25.9 Å². The van der Waals surface area contributed by atoms with Gasteiger partial charge >= 0.3 is 0 Å². The molecule has 1 amide bonds. The van der Waals surface area contributed by atoms with Crippen LogP contribution in [0.4, 0.5) is 0 Å². The fourth-order valence-electron chi connectivity index (χ4n) is 4.04. The first-order valence-corrected chi connectivity index (χ1v) is 13.1. The van der Waals surface area contributed by atoms with E-state index in [4.69, 9.17) is 10.2 Å². The summed E-state index contributed by atoms with van der Waals surface area (Å²) in [5.74, 6) is 0.0583. The van der Waals surface area contributed by atoms with E-state index in [2.05, 4.69) is 12.2 Å². The van der Waals surface area contributed by atoms with E-state index in [1.165, 1.54) is 83.5 Å². The van der Waals surface area contributed by atoms with Gasteiger partial charge < -0.3 is 25.4 Å². The summed E-state index contributed by atoms with van der Waals surface area (Å²) in [5.41, 5.74) is 0. The van der Waals surface area contributed by atoms with E-state index < -0.39 is 4.65 Å². The molecule has 0 aromatic heterocycles. The average molecular weight is 445 g/mol. The maximum atomic E-state index is 12.3. The standard InChI is InChI=1S/C25H52N2O4/c1-2-3-4-5-6-7-8-9-10-11-12-13-14-15-16-18-25(30)26-19-17-20-27(31,21-23-28)22-24-29/h28-29H,2-24H2,1H3,(H,26,30). The molecular formula is C25H52N2O4. The zero-order valence-electron chi connectivity index (χ0n) is 20.4. The third-order valence-electron chi connectivity index (χ3n) is 6.09. The van der Waals surface area contributed by atoms with Gasteiger partial charge in [0.1, 0.15) is 13.1 Å². The van der Waals surface area contributed by atoms with Crippen molar-refractivity contribution in [3.05, 3.63) is 5.21 Å². The summed E-state index contributed by atoms with van der Waals surface area (Å²) < 4.78 is -0.595. The molecule has 0 rings (SSSR count). The summed E-state index contributed by atoms with van der Waals surface area (Å²) in [7, 11) is 0. The molecule has 0 unspecified atom stereocenters. The second-order valence-corrected chi connectivity index (χ2v) is 9.08. The number of nitrogens with one attached hydrogen (secondary N) is 1. The van der Waals surface area contributed by atoms with Crippen LogP contribution in [0.25, 0.3) is 0 Å². The molecule has 0 aromatic rings. The van der Waals surface area contributed by atoms with Crippen LogP contribution in [-0.4, -0.2) is 60.2 Å². The molecule has 0 saturated carbocycles. The van der Waals surface area contributed by atoms with Crippen LogP contribution in [0, 0.1) is 5.21 Å². The van der Waals surface area contributed by atoms with Gasteiger partial charge in [0.05, 0.1) is 19.8 Å². The molecule has 6 heteroatoms. The van der Waals surface area contributed by atoms with Crippen LogP contribution in [0.3, 0.4) is 0 Å². The fraction of sp³-hybridized carbons (Fsp3) is 0.960. The number of nitrogens with zero attached hydrogens (tertiary/aromatic N) is 1. The van der Waals surface area contributed by atoms with E-state index in [0.717, 1.165) is 12.8 Å². The van der Waals surface area contributed by atoms with Crippen LogP contribution in [0.2, 0.25) is 0 Å². The number of carbonyl (C=O) groups excluding carboxylic acids is 1.